The Morgan fingerprint density at radius 1 is 0.792 bits per heavy atom. The monoisotopic (exact) mass is 368 g/mol. The van der Waals surface area contributed by atoms with Gasteiger partial charge in [-0.05, 0) is 36.4 Å². The average Bonchev–Trinajstić information content (AvgIpc) is 2.51. The molecular formula is C16H14Cl2N2O4. The minimum atomic E-state index is -0.637. The van der Waals surface area contributed by atoms with E-state index < -0.39 is 11.9 Å². The number of esters is 2. The van der Waals surface area contributed by atoms with E-state index in [2.05, 4.69) is 0 Å². The molecule has 0 amide bonds. The van der Waals surface area contributed by atoms with Gasteiger partial charge in [-0.2, -0.15) is 0 Å². The van der Waals surface area contributed by atoms with Gasteiger partial charge in [-0.1, -0.05) is 23.2 Å². The van der Waals surface area contributed by atoms with Crippen LogP contribution in [0.2, 0.25) is 10.0 Å². The lowest BCUT2D eigenvalue weighted by molar-refractivity contribution is 0.0266. The molecular weight excluding hydrogens is 355 g/mol. The topological polar surface area (TPSA) is 105 Å². The second kappa shape index (κ2) is 7.90. The van der Waals surface area contributed by atoms with Gasteiger partial charge in [0.25, 0.3) is 0 Å². The van der Waals surface area contributed by atoms with Crippen LogP contribution >= 0.6 is 23.2 Å². The van der Waals surface area contributed by atoms with E-state index in [1.54, 1.807) is 0 Å². The summed E-state index contributed by atoms with van der Waals surface area (Å²) < 4.78 is 9.98. The van der Waals surface area contributed by atoms with Gasteiger partial charge in [-0.3, -0.25) is 0 Å². The van der Waals surface area contributed by atoms with Crippen LogP contribution in [-0.4, -0.2) is 25.2 Å². The zero-order chi connectivity index (χ0) is 17.7. The lowest BCUT2D eigenvalue weighted by atomic mass is 10.2. The van der Waals surface area contributed by atoms with E-state index in [-0.39, 0.29) is 34.4 Å². The first-order valence-electron chi connectivity index (χ1n) is 6.83. The van der Waals surface area contributed by atoms with E-state index in [0.717, 1.165) is 0 Å². The summed E-state index contributed by atoms with van der Waals surface area (Å²) >= 11 is 11.8. The van der Waals surface area contributed by atoms with Crippen molar-refractivity contribution < 1.29 is 19.1 Å². The number of hydrogen-bond acceptors (Lipinski definition) is 6. The highest BCUT2D eigenvalue weighted by Gasteiger charge is 2.14. The van der Waals surface area contributed by atoms with Gasteiger partial charge in [-0.15, -0.1) is 0 Å². The molecule has 2 aromatic rings. The molecule has 4 N–H and O–H groups in total. The van der Waals surface area contributed by atoms with Crippen LogP contribution in [0.1, 0.15) is 20.7 Å². The highest BCUT2D eigenvalue weighted by molar-refractivity contribution is 6.34. The fourth-order valence-electron chi connectivity index (χ4n) is 1.82. The van der Waals surface area contributed by atoms with Crippen molar-refractivity contribution in [1.29, 1.82) is 0 Å². The number of benzene rings is 2. The summed E-state index contributed by atoms with van der Waals surface area (Å²) in [6.07, 6.45) is 0. The van der Waals surface area contributed by atoms with Crippen LogP contribution in [0, 0.1) is 0 Å². The first kappa shape index (κ1) is 17.9. The van der Waals surface area contributed by atoms with Crippen LogP contribution in [-0.2, 0) is 9.47 Å². The van der Waals surface area contributed by atoms with Gasteiger partial charge in [-0.25, -0.2) is 9.59 Å². The zero-order valence-corrected chi connectivity index (χ0v) is 13.9. The fraction of sp³-hybridized carbons (Fsp3) is 0.125. The summed E-state index contributed by atoms with van der Waals surface area (Å²) in [4.78, 5) is 23.7. The number of carbonyl (C=O) groups excluding carboxylic acids is 2. The summed E-state index contributed by atoms with van der Waals surface area (Å²) in [6.45, 7) is -0.254. The number of nitrogens with two attached hydrogens (primary N) is 2. The van der Waals surface area contributed by atoms with Crippen molar-refractivity contribution in [3.8, 4) is 0 Å². The molecule has 126 valence electrons. The van der Waals surface area contributed by atoms with Crippen LogP contribution in [0.15, 0.2) is 36.4 Å². The maximum Gasteiger partial charge on any atom is 0.339 e. The Labute approximate surface area is 148 Å². The highest BCUT2D eigenvalue weighted by Crippen LogP contribution is 2.21. The van der Waals surface area contributed by atoms with E-state index in [1.807, 2.05) is 0 Å². The molecule has 0 atom stereocenters. The number of rotatable bonds is 5. The molecule has 0 spiro atoms. The summed E-state index contributed by atoms with van der Waals surface area (Å²) in [6, 6.07) is 8.88. The lowest BCUT2D eigenvalue weighted by Gasteiger charge is -2.08. The molecule has 24 heavy (non-hydrogen) atoms. The number of nitrogen functional groups attached to an aromatic ring is 2. The number of ether oxygens (including phenoxy) is 2. The maximum absolute atomic E-state index is 11.9. The Balaban J connectivity index is 1.84. The van der Waals surface area contributed by atoms with Gasteiger partial charge in [0.05, 0.1) is 21.2 Å². The molecule has 2 rings (SSSR count). The Morgan fingerprint density at radius 3 is 1.50 bits per heavy atom. The first-order chi connectivity index (χ1) is 11.4. The standard InChI is InChI=1S/C16H14Cl2N2O4/c17-13-7-9(19)1-3-11(13)15(21)23-5-6-24-16(22)12-4-2-10(20)8-14(12)18/h1-4,7-8H,5-6,19-20H2. The fourth-order valence-corrected chi connectivity index (χ4v) is 2.35. The summed E-state index contributed by atoms with van der Waals surface area (Å²) in [7, 11) is 0. The van der Waals surface area contributed by atoms with Gasteiger partial charge >= 0.3 is 11.9 Å². The molecule has 0 saturated carbocycles. The molecule has 0 fully saturated rings. The molecule has 0 aliphatic heterocycles. The van der Waals surface area contributed by atoms with Crippen LogP contribution in [0.25, 0.3) is 0 Å². The molecule has 0 aromatic heterocycles. The van der Waals surface area contributed by atoms with Gasteiger partial charge in [0.2, 0.25) is 0 Å². The number of anilines is 2. The minimum Gasteiger partial charge on any atom is -0.458 e. The minimum absolute atomic E-state index is 0.127. The maximum atomic E-state index is 11.9. The molecule has 0 aliphatic rings. The van der Waals surface area contributed by atoms with E-state index in [4.69, 9.17) is 44.1 Å². The molecule has 0 saturated heterocycles. The largest absolute Gasteiger partial charge is 0.458 e. The molecule has 0 aliphatic carbocycles. The molecule has 2 aromatic carbocycles. The molecule has 0 radical (unpaired) electrons. The second-order valence-electron chi connectivity index (χ2n) is 4.75. The summed E-state index contributed by atoms with van der Waals surface area (Å²) in [5.41, 5.74) is 12.3. The Kier molecular flexibility index (Phi) is 5.89. The highest BCUT2D eigenvalue weighted by atomic mass is 35.5. The third-order valence-corrected chi connectivity index (χ3v) is 3.60. The third kappa shape index (κ3) is 4.53. The van der Waals surface area contributed by atoms with E-state index in [1.165, 1.54) is 36.4 Å². The zero-order valence-electron chi connectivity index (χ0n) is 12.4. The van der Waals surface area contributed by atoms with Crippen LogP contribution in [0.3, 0.4) is 0 Å². The predicted octanol–water partition coefficient (Wildman–Crippen LogP) is 3.17. The second-order valence-corrected chi connectivity index (χ2v) is 5.56. The average molecular weight is 369 g/mol. The van der Waals surface area contributed by atoms with Gasteiger partial charge in [0.15, 0.2) is 0 Å². The Hall–Kier alpha value is -2.44. The number of hydrogen-bond donors (Lipinski definition) is 2. The molecule has 0 unspecified atom stereocenters. The molecule has 0 heterocycles. The number of carbonyl (C=O) groups is 2. The van der Waals surface area contributed by atoms with Crippen molar-refractivity contribution >= 4 is 46.5 Å². The van der Waals surface area contributed by atoms with Crippen molar-refractivity contribution in [3.63, 3.8) is 0 Å². The lowest BCUT2D eigenvalue weighted by Crippen LogP contribution is -2.14. The van der Waals surface area contributed by atoms with Crippen molar-refractivity contribution in [3.05, 3.63) is 57.6 Å². The van der Waals surface area contributed by atoms with Crippen molar-refractivity contribution in [2.24, 2.45) is 0 Å². The van der Waals surface area contributed by atoms with Crippen molar-refractivity contribution in [1.82, 2.24) is 0 Å². The molecule has 8 heteroatoms. The Morgan fingerprint density at radius 2 is 1.17 bits per heavy atom. The van der Waals surface area contributed by atoms with Crippen LogP contribution in [0.5, 0.6) is 0 Å². The van der Waals surface area contributed by atoms with Crippen LogP contribution < -0.4 is 11.5 Å². The summed E-state index contributed by atoms with van der Waals surface area (Å²) in [5, 5.41) is 0.372. The summed E-state index contributed by atoms with van der Waals surface area (Å²) in [5.74, 6) is -1.27. The van der Waals surface area contributed by atoms with Gasteiger partial charge < -0.3 is 20.9 Å². The van der Waals surface area contributed by atoms with Gasteiger partial charge in [0, 0.05) is 11.4 Å². The smallest absolute Gasteiger partial charge is 0.339 e. The van der Waals surface area contributed by atoms with Crippen molar-refractivity contribution in [2.45, 2.75) is 0 Å². The predicted molar refractivity (Wildman–Crippen MR) is 92.3 cm³/mol. The van der Waals surface area contributed by atoms with E-state index in [0.29, 0.717) is 11.4 Å². The normalized spacial score (nSPS) is 10.2. The van der Waals surface area contributed by atoms with Crippen molar-refractivity contribution in [2.75, 3.05) is 24.7 Å². The van der Waals surface area contributed by atoms with Gasteiger partial charge in [0.1, 0.15) is 13.2 Å². The third-order valence-electron chi connectivity index (χ3n) is 2.98. The SMILES string of the molecule is Nc1ccc(C(=O)OCCOC(=O)c2ccc(N)cc2Cl)c(Cl)c1. The van der Waals surface area contributed by atoms with E-state index >= 15 is 0 Å². The van der Waals surface area contributed by atoms with Crippen LogP contribution in [0.4, 0.5) is 11.4 Å². The first-order valence-corrected chi connectivity index (χ1v) is 7.58. The number of halogens is 2. The Bertz CT molecular complexity index is 715. The molecule has 0 bridgehead atoms. The molecule has 6 nitrogen and oxygen atoms in total. The quantitative estimate of drug-likeness (QED) is 0.477. The van der Waals surface area contributed by atoms with E-state index in [9.17, 15) is 9.59 Å².